The van der Waals surface area contributed by atoms with Crippen LogP contribution in [0.2, 0.25) is 0 Å². The molecule has 108 valence electrons. The van der Waals surface area contributed by atoms with E-state index in [1.54, 1.807) is 4.68 Å². The van der Waals surface area contributed by atoms with Crippen LogP contribution in [0.25, 0.3) is 0 Å². The monoisotopic (exact) mass is 314 g/mol. The maximum atomic E-state index is 12.1. The van der Waals surface area contributed by atoms with Crippen molar-refractivity contribution in [2.75, 3.05) is 11.3 Å². The van der Waals surface area contributed by atoms with Gasteiger partial charge >= 0.3 is 0 Å². The maximum Gasteiger partial charge on any atom is 0.266 e. The average Bonchev–Trinajstić information content (AvgIpc) is 2.90. The Labute approximate surface area is 120 Å². The zero-order valence-corrected chi connectivity index (χ0v) is 12.2. The SMILES string of the molecule is O=S(=O)(Nc1nncs1)c1cnn(CCNC2CC2)c1. The average molecular weight is 314 g/mol. The van der Waals surface area contributed by atoms with Gasteiger partial charge in [0, 0.05) is 18.8 Å². The van der Waals surface area contributed by atoms with Crippen molar-refractivity contribution in [2.24, 2.45) is 0 Å². The van der Waals surface area contributed by atoms with E-state index in [9.17, 15) is 8.42 Å². The summed E-state index contributed by atoms with van der Waals surface area (Å²) < 4.78 is 28.1. The summed E-state index contributed by atoms with van der Waals surface area (Å²) in [7, 11) is -3.64. The fraction of sp³-hybridized carbons (Fsp3) is 0.500. The largest absolute Gasteiger partial charge is 0.312 e. The van der Waals surface area contributed by atoms with Crippen LogP contribution in [-0.2, 0) is 16.6 Å². The molecule has 10 heteroatoms. The first kappa shape index (κ1) is 13.5. The normalized spacial score (nSPS) is 15.4. The van der Waals surface area contributed by atoms with Crippen molar-refractivity contribution in [3.05, 3.63) is 17.9 Å². The molecule has 2 aromatic heterocycles. The van der Waals surface area contributed by atoms with Crippen molar-refractivity contribution in [1.29, 1.82) is 0 Å². The van der Waals surface area contributed by atoms with E-state index >= 15 is 0 Å². The van der Waals surface area contributed by atoms with Crippen LogP contribution in [0.4, 0.5) is 5.13 Å². The highest BCUT2D eigenvalue weighted by atomic mass is 32.2. The van der Waals surface area contributed by atoms with Crippen LogP contribution in [0.1, 0.15) is 12.8 Å². The van der Waals surface area contributed by atoms with Gasteiger partial charge in [-0.2, -0.15) is 5.10 Å². The van der Waals surface area contributed by atoms with Crippen molar-refractivity contribution in [3.8, 4) is 0 Å². The third-order valence-corrected chi connectivity index (χ3v) is 4.88. The summed E-state index contributed by atoms with van der Waals surface area (Å²) in [6.45, 7) is 1.43. The van der Waals surface area contributed by atoms with Gasteiger partial charge in [-0.15, -0.1) is 10.2 Å². The molecule has 20 heavy (non-hydrogen) atoms. The minimum Gasteiger partial charge on any atom is -0.312 e. The molecule has 0 bridgehead atoms. The predicted molar refractivity (Wildman–Crippen MR) is 74.0 cm³/mol. The lowest BCUT2D eigenvalue weighted by Gasteiger charge is -2.03. The molecule has 1 aliphatic rings. The quantitative estimate of drug-likeness (QED) is 0.761. The highest BCUT2D eigenvalue weighted by Gasteiger charge is 2.20. The summed E-state index contributed by atoms with van der Waals surface area (Å²) in [5.74, 6) is 0. The standard InChI is InChI=1S/C10H14N6O2S2/c17-20(18,15-10-14-12-7-19-10)9-5-13-16(6-9)4-3-11-8-1-2-8/h5-8,11H,1-4H2,(H,14,15). The smallest absolute Gasteiger partial charge is 0.266 e. The zero-order chi connectivity index (χ0) is 14.0. The van der Waals surface area contributed by atoms with E-state index < -0.39 is 10.0 Å². The van der Waals surface area contributed by atoms with Crippen LogP contribution >= 0.6 is 11.3 Å². The first-order valence-electron chi connectivity index (χ1n) is 6.18. The molecule has 1 fully saturated rings. The number of hydrogen-bond acceptors (Lipinski definition) is 7. The van der Waals surface area contributed by atoms with E-state index in [4.69, 9.17) is 0 Å². The number of aromatic nitrogens is 4. The molecule has 3 rings (SSSR count). The van der Waals surface area contributed by atoms with E-state index in [-0.39, 0.29) is 10.0 Å². The van der Waals surface area contributed by atoms with E-state index in [2.05, 4.69) is 25.3 Å². The summed E-state index contributed by atoms with van der Waals surface area (Å²) in [5, 5.41) is 14.9. The van der Waals surface area contributed by atoms with Gasteiger partial charge in [0.25, 0.3) is 10.0 Å². The number of anilines is 1. The van der Waals surface area contributed by atoms with Crippen LogP contribution in [0.15, 0.2) is 22.8 Å². The molecule has 2 N–H and O–H groups in total. The lowest BCUT2D eigenvalue weighted by Crippen LogP contribution is -2.22. The molecule has 1 saturated carbocycles. The molecule has 0 radical (unpaired) electrons. The van der Waals surface area contributed by atoms with Crippen molar-refractivity contribution >= 4 is 26.5 Å². The molecule has 2 aromatic rings. The molecule has 0 atom stereocenters. The topological polar surface area (TPSA) is 102 Å². The third kappa shape index (κ3) is 3.32. The van der Waals surface area contributed by atoms with E-state index in [0.29, 0.717) is 12.6 Å². The molecule has 8 nitrogen and oxygen atoms in total. The third-order valence-electron chi connectivity index (χ3n) is 2.85. The van der Waals surface area contributed by atoms with Gasteiger partial charge in [0.2, 0.25) is 5.13 Å². The van der Waals surface area contributed by atoms with Crippen LogP contribution < -0.4 is 10.0 Å². The second-order valence-electron chi connectivity index (χ2n) is 4.52. The van der Waals surface area contributed by atoms with Crippen LogP contribution in [0, 0.1) is 0 Å². The molecule has 0 aliphatic heterocycles. The Morgan fingerprint density at radius 3 is 3.00 bits per heavy atom. The number of nitrogens with zero attached hydrogens (tertiary/aromatic N) is 4. The second kappa shape index (κ2) is 5.46. The fourth-order valence-corrected chi connectivity index (χ4v) is 3.31. The van der Waals surface area contributed by atoms with Gasteiger partial charge in [-0.1, -0.05) is 11.3 Å². The molecule has 0 amide bonds. The van der Waals surface area contributed by atoms with Crippen molar-refractivity contribution in [3.63, 3.8) is 0 Å². The zero-order valence-electron chi connectivity index (χ0n) is 10.6. The van der Waals surface area contributed by atoms with Crippen molar-refractivity contribution < 1.29 is 8.42 Å². The Morgan fingerprint density at radius 2 is 2.30 bits per heavy atom. The first-order chi connectivity index (χ1) is 9.63. The highest BCUT2D eigenvalue weighted by Crippen LogP contribution is 2.18. The van der Waals surface area contributed by atoms with Gasteiger partial charge in [-0.05, 0) is 12.8 Å². The summed E-state index contributed by atoms with van der Waals surface area (Å²) in [6, 6.07) is 0.632. The Kier molecular flexibility index (Phi) is 3.68. The molecule has 1 aliphatic carbocycles. The molecule has 2 heterocycles. The fourth-order valence-electron chi connectivity index (χ4n) is 1.67. The number of sulfonamides is 1. The minimum absolute atomic E-state index is 0.124. The van der Waals surface area contributed by atoms with E-state index in [1.807, 2.05) is 0 Å². The lowest BCUT2D eigenvalue weighted by molar-refractivity contribution is 0.552. The second-order valence-corrected chi connectivity index (χ2v) is 7.03. The molecular formula is C10H14N6O2S2. The van der Waals surface area contributed by atoms with Crippen LogP contribution in [-0.4, -0.2) is 41.0 Å². The predicted octanol–water partition coefficient (Wildman–Crippen LogP) is 0.287. The Hall–Kier alpha value is -1.52. The number of rotatable bonds is 7. The summed E-state index contributed by atoms with van der Waals surface area (Å²) in [6.07, 6.45) is 5.30. The molecular weight excluding hydrogens is 300 g/mol. The van der Waals surface area contributed by atoms with Crippen LogP contribution in [0.5, 0.6) is 0 Å². The van der Waals surface area contributed by atoms with E-state index in [0.717, 1.165) is 17.9 Å². The van der Waals surface area contributed by atoms with Gasteiger partial charge in [0.15, 0.2) is 0 Å². The van der Waals surface area contributed by atoms with Crippen molar-refractivity contribution in [2.45, 2.75) is 30.3 Å². The minimum atomic E-state index is -3.64. The number of hydrogen-bond donors (Lipinski definition) is 2. The Bertz CT molecular complexity index is 662. The molecule has 0 unspecified atom stereocenters. The summed E-state index contributed by atoms with van der Waals surface area (Å²) in [4.78, 5) is 0.124. The van der Waals surface area contributed by atoms with Gasteiger partial charge < -0.3 is 5.32 Å². The lowest BCUT2D eigenvalue weighted by atomic mass is 10.6. The van der Waals surface area contributed by atoms with Crippen molar-refractivity contribution in [1.82, 2.24) is 25.3 Å². The van der Waals surface area contributed by atoms with Crippen LogP contribution in [0.3, 0.4) is 0 Å². The molecule has 0 aromatic carbocycles. The van der Waals surface area contributed by atoms with E-state index in [1.165, 1.54) is 30.7 Å². The maximum absolute atomic E-state index is 12.1. The first-order valence-corrected chi connectivity index (χ1v) is 8.54. The highest BCUT2D eigenvalue weighted by molar-refractivity contribution is 7.93. The van der Waals surface area contributed by atoms with Gasteiger partial charge in [0.1, 0.15) is 10.4 Å². The van der Waals surface area contributed by atoms with Gasteiger partial charge in [0.05, 0.1) is 12.7 Å². The van der Waals surface area contributed by atoms with Gasteiger partial charge in [-0.3, -0.25) is 9.40 Å². The summed E-state index contributed by atoms with van der Waals surface area (Å²) in [5.41, 5.74) is 1.46. The molecule has 0 saturated heterocycles. The Morgan fingerprint density at radius 1 is 1.45 bits per heavy atom. The number of nitrogens with one attached hydrogen (secondary N) is 2. The van der Waals surface area contributed by atoms with Gasteiger partial charge in [-0.25, -0.2) is 8.42 Å². The molecule has 0 spiro atoms. The Balaban J connectivity index is 1.62. The summed E-state index contributed by atoms with van der Waals surface area (Å²) >= 11 is 1.13.